The van der Waals surface area contributed by atoms with Crippen LogP contribution in [0, 0.1) is 11.8 Å². The Hall–Kier alpha value is -1.22. The normalized spacial score (nSPS) is 26.4. The molecular formula is C15H21ClN2O. The molecule has 0 aromatic heterocycles. The summed E-state index contributed by atoms with van der Waals surface area (Å²) in [4.78, 5) is 12.3. The SMILES string of the molecule is CCC1CCC(NC(=O)c2cccc(N)c2Cl)C1C. The van der Waals surface area contributed by atoms with Crippen LogP contribution in [0.3, 0.4) is 0 Å². The molecule has 1 aromatic carbocycles. The second-order valence-electron chi connectivity index (χ2n) is 5.39. The van der Waals surface area contributed by atoms with E-state index in [0.29, 0.717) is 28.1 Å². The Labute approximate surface area is 119 Å². The number of nitrogens with one attached hydrogen (secondary N) is 1. The third-order valence-corrected chi connectivity index (χ3v) is 4.76. The molecule has 1 aliphatic carbocycles. The lowest BCUT2D eigenvalue weighted by Gasteiger charge is -2.21. The van der Waals surface area contributed by atoms with Crippen molar-refractivity contribution < 1.29 is 4.79 Å². The fourth-order valence-electron chi connectivity index (χ4n) is 3.00. The summed E-state index contributed by atoms with van der Waals surface area (Å²) >= 11 is 6.08. The molecule has 0 radical (unpaired) electrons. The maximum Gasteiger partial charge on any atom is 0.253 e. The maximum atomic E-state index is 12.3. The molecule has 104 valence electrons. The van der Waals surface area contributed by atoms with E-state index in [1.165, 1.54) is 12.8 Å². The van der Waals surface area contributed by atoms with Crippen LogP contribution in [-0.4, -0.2) is 11.9 Å². The molecule has 3 nitrogen and oxygen atoms in total. The molecule has 0 heterocycles. The van der Waals surface area contributed by atoms with Gasteiger partial charge in [-0.2, -0.15) is 0 Å². The van der Waals surface area contributed by atoms with E-state index in [9.17, 15) is 4.79 Å². The van der Waals surface area contributed by atoms with Gasteiger partial charge in [0.05, 0.1) is 16.3 Å². The lowest BCUT2D eigenvalue weighted by Crippen LogP contribution is -2.37. The third kappa shape index (κ3) is 2.86. The van der Waals surface area contributed by atoms with Crippen LogP contribution < -0.4 is 11.1 Å². The van der Waals surface area contributed by atoms with Crippen molar-refractivity contribution in [3.05, 3.63) is 28.8 Å². The summed E-state index contributed by atoms with van der Waals surface area (Å²) in [5, 5.41) is 3.44. The standard InChI is InChI=1S/C15H21ClN2O/c1-3-10-7-8-13(9(10)2)18-15(19)11-5-4-6-12(17)14(11)16/h4-6,9-10,13H,3,7-8,17H2,1-2H3,(H,18,19). The van der Waals surface area contributed by atoms with Crippen molar-refractivity contribution >= 4 is 23.2 Å². The molecule has 2 rings (SSSR count). The van der Waals surface area contributed by atoms with Crippen molar-refractivity contribution in [3.63, 3.8) is 0 Å². The number of hydrogen-bond acceptors (Lipinski definition) is 2. The molecule has 4 heteroatoms. The van der Waals surface area contributed by atoms with Gasteiger partial charge in [-0.05, 0) is 36.8 Å². The van der Waals surface area contributed by atoms with Gasteiger partial charge < -0.3 is 11.1 Å². The first-order chi connectivity index (χ1) is 9.04. The summed E-state index contributed by atoms with van der Waals surface area (Å²) < 4.78 is 0. The van der Waals surface area contributed by atoms with Gasteiger partial charge in [0.25, 0.3) is 5.91 Å². The number of nitrogen functional groups attached to an aromatic ring is 1. The summed E-state index contributed by atoms with van der Waals surface area (Å²) in [5.74, 6) is 1.11. The van der Waals surface area contributed by atoms with Crippen LogP contribution >= 0.6 is 11.6 Å². The van der Waals surface area contributed by atoms with Gasteiger partial charge in [0.1, 0.15) is 0 Å². The molecule has 1 aliphatic rings. The molecule has 1 fully saturated rings. The second kappa shape index (κ2) is 5.83. The van der Waals surface area contributed by atoms with Crippen LogP contribution in [0.1, 0.15) is 43.5 Å². The van der Waals surface area contributed by atoms with E-state index in [1.54, 1.807) is 18.2 Å². The van der Waals surface area contributed by atoms with E-state index in [1.807, 2.05) is 0 Å². The fourth-order valence-corrected chi connectivity index (χ4v) is 3.21. The zero-order chi connectivity index (χ0) is 14.0. The molecule has 1 amide bonds. The highest BCUT2D eigenvalue weighted by molar-refractivity contribution is 6.36. The number of hydrogen-bond donors (Lipinski definition) is 2. The van der Waals surface area contributed by atoms with Gasteiger partial charge in [0.2, 0.25) is 0 Å². The lowest BCUT2D eigenvalue weighted by molar-refractivity contribution is 0.0927. The van der Waals surface area contributed by atoms with E-state index in [2.05, 4.69) is 19.2 Å². The molecule has 19 heavy (non-hydrogen) atoms. The van der Waals surface area contributed by atoms with Crippen molar-refractivity contribution in [2.75, 3.05) is 5.73 Å². The fraction of sp³-hybridized carbons (Fsp3) is 0.533. The highest BCUT2D eigenvalue weighted by Crippen LogP contribution is 2.34. The van der Waals surface area contributed by atoms with Crippen molar-refractivity contribution in [2.24, 2.45) is 11.8 Å². The number of benzene rings is 1. The first kappa shape index (κ1) is 14.2. The summed E-state index contributed by atoms with van der Waals surface area (Å²) in [5.41, 5.74) is 6.64. The van der Waals surface area contributed by atoms with E-state index in [-0.39, 0.29) is 11.9 Å². The van der Waals surface area contributed by atoms with Crippen LogP contribution in [0.25, 0.3) is 0 Å². The Morgan fingerprint density at radius 2 is 2.21 bits per heavy atom. The van der Waals surface area contributed by atoms with Crippen LogP contribution in [-0.2, 0) is 0 Å². The lowest BCUT2D eigenvalue weighted by atomic mass is 9.93. The van der Waals surface area contributed by atoms with Crippen molar-refractivity contribution in [2.45, 2.75) is 39.2 Å². The number of carbonyl (C=O) groups excluding carboxylic acids is 1. The van der Waals surface area contributed by atoms with E-state index >= 15 is 0 Å². The van der Waals surface area contributed by atoms with Gasteiger partial charge in [-0.1, -0.05) is 37.9 Å². The Bertz CT molecular complexity index is 475. The largest absolute Gasteiger partial charge is 0.398 e. The van der Waals surface area contributed by atoms with Crippen molar-refractivity contribution in [3.8, 4) is 0 Å². The Morgan fingerprint density at radius 1 is 1.47 bits per heavy atom. The highest BCUT2D eigenvalue weighted by Gasteiger charge is 2.32. The average molecular weight is 281 g/mol. The van der Waals surface area contributed by atoms with Crippen molar-refractivity contribution in [1.82, 2.24) is 5.32 Å². The average Bonchev–Trinajstić information content (AvgIpc) is 2.73. The summed E-state index contributed by atoms with van der Waals surface area (Å²) in [6.07, 6.45) is 3.41. The molecule has 3 N–H and O–H groups in total. The maximum absolute atomic E-state index is 12.3. The van der Waals surface area contributed by atoms with Gasteiger partial charge >= 0.3 is 0 Å². The predicted octanol–water partition coefficient (Wildman–Crippen LogP) is 3.48. The third-order valence-electron chi connectivity index (χ3n) is 4.34. The zero-order valence-electron chi connectivity index (χ0n) is 11.4. The van der Waals surface area contributed by atoms with E-state index in [4.69, 9.17) is 17.3 Å². The number of rotatable bonds is 3. The molecule has 3 unspecified atom stereocenters. The highest BCUT2D eigenvalue weighted by atomic mass is 35.5. The first-order valence-electron chi connectivity index (χ1n) is 6.89. The quantitative estimate of drug-likeness (QED) is 0.833. The minimum Gasteiger partial charge on any atom is -0.398 e. The Balaban J connectivity index is 2.08. The molecule has 1 saturated carbocycles. The van der Waals surface area contributed by atoms with Gasteiger partial charge in [-0.15, -0.1) is 0 Å². The molecule has 0 saturated heterocycles. The van der Waals surface area contributed by atoms with E-state index < -0.39 is 0 Å². The molecule has 0 bridgehead atoms. The van der Waals surface area contributed by atoms with Crippen LogP contribution in [0.2, 0.25) is 5.02 Å². The van der Waals surface area contributed by atoms with Crippen LogP contribution in [0.4, 0.5) is 5.69 Å². The van der Waals surface area contributed by atoms with Crippen LogP contribution in [0.15, 0.2) is 18.2 Å². The smallest absolute Gasteiger partial charge is 0.253 e. The number of carbonyl (C=O) groups is 1. The van der Waals surface area contributed by atoms with E-state index in [0.717, 1.165) is 6.42 Å². The van der Waals surface area contributed by atoms with Crippen LogP contribution in [0.5, 0.6) is 0 Å². The zero-order valence-corrected chi connectivity index (χ0v) is 12.2. The summed E-state index contributed by atoms with van der Waals surface area (Å²) in [7, 11) is 0. The Kier molecular flexibility index (Phi) is 4.35. The molecule has 3 atom stereocenters. The summed E-state index contributed by atoms with van der Waals surface area (Å²) in [6.45, 7) is 4.42. The Morgan fingerprint density at radius 3 is 2.84 bits per heavy atom. The molecule has 0 spiro atoms. The topological polar surface area (TPSA) is 55.1 Å². The second-order valence-corrected chi connectivity index (χ2v) is 5.77. The number of anilines is 1. The van der Waals surface area contributed by atoms with Crippen molar-refractivity contribution in [1.29, 1.82) is 0 Å². The van der Waals surface area contributed by atoms with Gasteiger partial charge in [-0.25, -0.2) is 0 Å². The number of nitrogens with two attached hydrogens (primary N) is 1. The molecule has 1 aromatic rings. The van der Waals surface area contributed by atoms with Gasteiger partial charge in [0, 0.05) is 6.04 Å². The predicted molar refractivity (Wildman–Crippen MR) is 79.3 cm³/mol. The minimum atomic E-state index is -0.120. The summed E-state index contributed by atoms with van der Waals surface area (Å²) in [6, 6.07) is 5.41. The first-order valence-corrected chi connectivity index (χ1v) is 7.27. The van der Waals surface area contributed by atoms with Gasteiger partial charge in [-0.3, -0.25) is 4.79 Å². The number of amides is 1. The molecular weight excluding hydrogens is 260 g/mol. The number of halogens is 1. The molecule has 0 aliphatic heterocycles. The monoisotopic (exact) mass is 280 g/mol. The van der Waals surface area contributed by atoms with Gasteiger partial charge in [0.15, 0.2) is 0 Å². The minimum absolute atomic E-state index is 0.120.